The van der Waals surface area contributed by atoms with Crippen molar-refractivity contribution in [3.8, 4) is 0 Å². The predicted octanol–water partition coefficient (Wildman–Crippen LogP) is 14.3. The normalized spacial score (nSPS) is 28.4. The molecular weight excluding hydrogens is 755 g/mol. The molecule has 2 saturated carbocycles. The van der Waals surface area contributed by atoms with Crippen molar-refractivity contribution in [2.24, 2.45) is 35.5 Å². The average molecular weight is 827 g/mol. The molecule has 7 heteroatoms. The Morgan fingerprint density at radius 3 is 1.22 bits per heavy atom. The van der Waals surface area contributed by atoms with E-state index >= 15 is 0 Å². The zero-order valence-electron chi connectivity index (χ0n) is 32.8. The second kappa shape index (κ2) is 22.5. The molecule has 8 atom stereocenters. The Morgan fingerprint density at radius 1 is 0.633 bits per heavy atom. The van der Waals surface area contributed by atoms with Gasteiger partial charge in [0.2, 0.25) is 0 Å². The van der Waals surface area contributed by atoms with Gasteiger partial charge in [0.05, 0.1) is 0 Å². The Hall–Kier alpha value is 0.257. The van der Waals surface area contributed by atoms with E-state index in [1.54, 1.807) is 0 Å². The van der Waals surface area contributed by atoms with Crippen molar-refractivity contribution in [2.45, 2.75) is 140 Å². The first-order chi connectivity index (χ1) is 22.4. The van der Waals surface area contributed by atoms with Crippen molar-refractivity contribution >= 4 is 33.7 Å². The van der Waals surface area contributed by atoms with E-state index in [9.17, 15) is 0 Å². The van der Waals surface area contributed by atoms with E-state index in [-0.39, 0.29) is 14.9 Å². The molecule has 0 N–H and O–H groups in total. The number of fused-ring (bicyclic) bond motifs is 2. The van der Waals surface area contributed by atoms with Crippen LogP contribution in [0.3, 0.4) is 0 Å². The summed E-state index contributed by atoms with van der Waals surface area (Å²) in [7, 11) is 5.91. The van der Waals surface area contributed by atoms with E-state index in [4.69, 9.17) is 25.9 Å². The van der Waals surface area contributed by atoms with E-state index in [1.165, 1.54) is 37.8 Å². The summed E-state index contributed by atoms with van der Waals surface area (Å²) in [5.74, 6) is 3.58. The van der Waals surface area contributed by atoms with Crippen molar-refractivity contribution in [1.82, 2.24) is 0 Å². The molecule has 0 bridgehead atoms. The maximum atomic E-state index is 7.63. The van der Waals surface area contributed by atoms with Gasteiger partial charge in [0.15, 0.2) is 16.6 Å². The van der Waals surface area contributed by atoms with Gasteiger partial charge in [-0.1, -0.05) is 116 Å². The van der Waals surface area contributed by atoms with Gasteiger partial charge in [0, 0.05) is 12.2 Å². The third kappa shape index (κ3) is 11.4. The molecule has 4 rings (SSSR count). The first-order valence-electron chi connectivity index (χ1n) is 18.7. The summed E-state index contributed by atoms with van der Waals surface area (Å²) in [5, 5.41) is 0. The number of hydrogen-bond acceptors (Lipinski definition) is 2. The molecule has 0 aromatic heterocycles. The second-order valence-electron chi connectivity index (χ2n) is 16.0. The van der Waals surface area contributed by atoms with Crippen molar-refractivity contribution in [3.05, 3.63) is 88.8 Å². The van der Waals surface area contributed by atoms with Gasteiger partial charge in [-0.25, -0.2) is 0 Å². The summed E-state index contributed by atoms with van der Waals surface area (Å²) in [6, 6.07) is 2.38. The monoisotopic (exact) mass is 824 g/mol. The predicted molar refractivity (Wildman–Crippen MR) is 221 cm³/mol. The molecule has 0 aromatic rings. The summed E-state index contributed by atoms with van der Waals surface area (Å²) in [6.45, 7) is 27.6. The molecule has 4 aliphatic rings. The van der Waals surface area contributed by atoms with Gasteiger partial charge in [-0.15, -0.1) is 13.2 Å². The molecular formula is C42H72Cl2O2Si2Zr. The first kappa shape index (κ1) is 47.3. The number of rotatable bonds is 17. The third-order valence-corrected chi connectivity index (χ3v) is 24.0. The zero-order chi connectivity index (χ0) is 34.8. The van der Waals surface area contributed by atoms with Crippen LogP contribution in [-0.2, 0) is 29.7 Å². The van der Waals surface area contributed by atoms with Gasteiger partial charge in [-0.05, 0) is 108 Å². The average Bonchev–Trinajstić information content (AvgIpc) is 3.56. The number of hydrogen-bond donors (Lipinski definition) is 0. The Balaban J connectivity index is 0.00000231. The van der Waals surface area contributed by atoms with Crippen LogP contribution in [0.4, 0.5) is 0 Å². The van der Waals surface area contributed by atoms with Crippen LogP contribution < -0.4 is 0 Å². The topological polar surface area (TPSA) is 18.5 Å². The van der Waals surface area contributed by atoms with Gasteiger partial charge in [-0.2, -0.15) is 0 Å². The number of allylic oxidation sites excluding steroid dienone is 10. The molecule has 49 heavy (non-hydrogen) atoms. The van der Waals surface area contributed by atoms with Crippen LogP contribution in [-0.4, -0.2) is 28.8 Å². The third-order valence-electron chi connectivity index (χ3n) is 12.5. The van der Waals surface area contributed by atoms with Crippen LogP contribution in [0.5, 0.6) is 0 Å². The molecule has 0 aliphatic heterocycles. The fourth-order valence-corrected chi connectivity index (χ4v) is 19.2. The van der Waals surface area contributed by atoms with Crippen molar-refractivity contribution in [1.29, 1.82) is 0 Å². The number of halogens is 2. The van der Waals surface area contributed by atoms with Gasteiger partial charge in [-0.3, -0.25) is 0 Å². The molecule has 278 valence electrons. The van der Waals surface area contributed by atoms with E-state index in [2.05, 4.69) is 129 Å². The summed E-state index contributed by atoms with van der Waals surface area (Å²) < 4.78 is 15.3. The molecule has 2 fully saturated rings. The Labute approximate surface area is 325 Å². The summed E-state index contributed by atoms with van der Waals surface area (Å²) in [5.41, 5.74) is 2.41. The fraction of sp³-hybridized carbons (Fsp3) is 0.667. The quantitative estimate of drug-likeness (QED) is 0.0826. The molecule has 0 aromatic carbocycles. The van der Waals surface area contributed by atoms with E-state index in [0.29, 0.717) is 69.9 Å². The Morgan fingerprint density at radius 2 is 0.939 bits per heavy atom. The molecule has 0 spiro atoms. The van der Waals surface area contributed by atoms with E-state index in [0.717, 1.165) is 12.8 Å². The van der Waals surface area contributed by atoms with Gasteiger partial charge in [0.1, 0.15) is 0 Å². The fourth-order valence-electron chi connectivity index (χ4n) is 9.90. The molecule has 0 heterocycles. The summed E-state index contributed by atoms with van der Waals surface area (Å²) in [6.07, 6.45) is 31.1. The van der Waals surface area contributed by atoms with Crippen LogP contribution >= 0.6 is 17.0 Å². The molecule has 2 nitrogen and oxygen atoms in total. The SMILES string of the molecule is C=CCC[Si](OC1CC2C=CC=CC2C1CCC1C(O[Si](CCC=C)(C(C)C)C(C)C)CC2C=CC=CC21)(C(C)C)C(C)C.[CH3-].[CH3-].[Cl][Zr+2][Cl]. The van der Waals surface area contributed by atoms with Crippen LogP contribution in [0.25, 0.3) is 0 Å². The van der Waals surface area contributed by atoms with Crippen molar-refractivity contribution in [3.63, 3.8) is 0 Å². The molecule has 4 aliphatic carbocycles. The second-order valence-corrected chi connectivity index (χ2v) is 29.6. The summed E-state index contributed by atoms with van der Waals surface area (Å²) >= 11 is -0.826. The van der Waals surface area contributed by atoms with Crippen LogP contribution in [0, 0.1) is 50.4 Å². The first-order valence-corrected chi connectivity index (χ1v) is 29.5. The van der Waals surface area contributed by atoms with Crippen molar-refractivity contribution < 1.29 is 29.7 Å². The van der Waals surface area contributed by atoms with Gasteiger partial charge >= 0.3 is 37.9 Å². The standard InChI is InChI=1S/C40H66O2Si2.2CH3.2ClH.Zr/c1-11-13-25-43(29(3)4,30(5)6)41-39-27-33-19-15-17-21-35(33)37(39)23-24-38-36-22-18-16-20-34(36)28-40(38)42-44(31(7)8,32(9)10)26-14-12-2;;;;;/h11-12,15-22,29-40H,1-2,13-14,23-28H2,3-10H3;2*1H3;2*1H;/q;2*-1;;;+4/p-2. The molecule has 8 unspecified atom stereocenters. The van der Waals surface area contributed by atoms with Crippen LogP contribution in [0.2, 0.25) is 34.3 Å². The van der Waals surface area contributed by atoms with Crippen LogP contribution in [0.1, 0.15) is 93.9 Å². The van der Waals surface area contributed by atoms with Gasteiger partial charge in [0.25, 0.3) is 0 Å². The maximum absolute atomic E-state index is 7.63. The van der Waals surface area contributed by atoms with Crippen molar-refractivity contribution in [2.75, 3.05) is 0 Å². The molecule has 0 radical (unpaired) electrons. The zero-order valence-corrected chi connectivity index (χ0v) is 38.8. The summed E-state index contributed by atoms with van der Waals surface area (Å²) in [4.78, 5) is 0. The molecule has 0 amide bonds. The minimum atomic E-state index is -1.98. The Bertz CT molecular complexity index is 1000. The molecule has 0 saturated heterocycles. The van der Waals surface area contributed by atoms with Crippen LogP contribution in [0.15, 0.2) is 73.9 Å². The minimum absolute atomic E-state index is 0. The van der Waals surface area contributed by atoms with Gasteiger partial charge < -0.3 is 23.7 Å². The van der Waals surface area contributed by atoms with E-state index < -0.39 is 37.5 Å². The Kier molecular flexibility index (Phi) is 21.7. The van der Waals surface area contributed by atoms with E-state index in [1.807, 2.05) is 0 Å².